The van der Waals surface area contributed by atoms with Crippen LogP contribution in [0.5, 0.6) is 0 Å². The number of para-hydroxylation sites is 5. The van der Waals surface area contributed by atoms with E-state index in [1.54, 1.807) is 12.1 Å². The van der Waals surface area contributed by atoms with Crippen molar-refractivity contribution in [1.82, 2.24) is 0 Å². The van der Waals surface area contributed by atoms with Gasteiger partial charge in [-0.05, 0) is 72.8 Å². The molecule has 0 saturated carbocycles. The lowest BCUT2D eigenvalue weighted by atomic mass is 10.0. The molecule has 37 heavy (non-hydrogen) atoms. The van der Waals surface area contributed by atoms with Gasteiger partial charge in [0.2, 0.25) is 11.8 Å². The van der Waals surface area contributed by atoms with Crippen molar-refractivity contribution in [3.63, 3.8) is 0 Å². The summed E-state index contributed by atoms with van der Waals surface area (Å²) in [4.78, 5) is 4.53. The molecule has 5 aromatic rings. The molecule has 5 nitrogen and oxygen atoms in total. The summed E-state index contributed by atoms with van der Waals surface area (Å²) in [5, 5.41) is 16.6. The zero-order valence-corrected chi connectivity index (χ0v) is 20.0. The van der Waals surface area contributed by atoms with Crippen molar-refractivity contribution in [2.24, 2.45) is 0 Å². The van der Waals surface area contributed by atoms with Gasteiger partial charge in [-0.1, -0.05) is 60.7 Å². The third-order valence-corrected chi connectivity index (χ3v) is 6.37. The minimum Gasteiger partial charge on any atom is -0.421 e. The monoisotopic (exact) mass is 480 g/mol. The Morgan fingerprint density at radius 2 is 0.757 bits per heavy atom. The Morgan fingerprint density at radius 3 is 1.22 bits per heavy atom. The lowest BCUT2D eigenvalue weighted by Gasteiger charge is -2.40. The van der Waals surface area contributed by atoms with Crippen molar-refractivity contribution in [3.05, 3.63) is 145 Å². The van der Waals surface area contributed by atoms with Gasteiger partial charge >= 0.3 is 0 Å². The Morgan fingerprint density at radius 1 is 0.405 bits per heavy atom. The smallest absolute Gasteiger partial charge is 0.221 e. The first kappa shape index (κ1) is 22.3. The lowest BCUT2D eigenvalue weighted by molar-refractivity contribution is 0.538. The first-order chi connectivity index (χ1) is 18.2. The Labute approximate surface area is 215 Å². The predicted octanol–water partition coefficient (Wildman–Crippen LogP) is 8.31. The average molecular weight is 481 g/mol. The van der Waals surface area contributed by atoms with E-state index in [9.17, 15) is 0 Å². The summed E-state index contributed by atoms with van der Waals surface area (Å²) in [6.45, 7) is 0. The molecule has 0 saturated heterocycles. The van der Waals surface area contributed by atoms with Crippen molar-refractivity contribution in [1.29, 1.82) is 10.8 Å². The fraction of sp³-hybridized carbons (Fsp3) is 0. The Hall–Kier alpha value is -5.16. The SMILES string of the molecule is N=C(OC(=N)c1ccc(N2c3ccccc3N(c3ccccc3)c3ccccc32)cc1)c1ccccc1. The molecule has 0 fully saturated rings. The first-order valence-corrected chi connectivity index (χ1v) is 12.0. The molecule has 0 unspecified atom stereocenters. The van der Waals surface area contributed by atoms with E-state index in [1.165, 1.54) is 0 Å². The molecule has 0 radical (unpaired) electrons. The molecule has 5 heteroatoms. The molecule has 0 atom stereocenters. The zero-order valence-electron chi connectivity index (χ0n) is 20.0. The minimum atomic E-state index is -0.0601. The topological polar surface area (TPSA) is 63.4 Å². The zero-order chi connectivity index (χ0) is 25.2. The molecular weight excluding hydrogens is 456 g/mol. The van der Waals surface area contributed by atoms with Crippen LogP contribution in [0, 0.1) is 10.8 Å². The van der Waals surface area contributed by atoms with E-state index in [4.69, 9.17) is 15.6 Å². The molecule has 1 aliphatic heterocycles. The average Bonchev–Trinajstić information content (AvgIpc) is 2.97. The third kappa shape index (κ3) is 4.13. The number of nitrogens with zero attached hydrogens (tertiary/aromatic N) is 2. The molecule has 2 N–H and O–H groups in total. The maximum atomic E-state index is 8.40. The first-order valence-electron chi connectivity index (χ1n) is 12.0. The Balaban J connectivity index is 1.35. The lowest BCUT2D eigenvalue weighted by Crippen LogP contribution is -2.23. The Kier molecular flexibility index (Phi) is 5.71. The van der Waals surface area contributed by atoms with Crippen molar-refractivity contribution >= 4 is 45.9 Å². The van der Waals surface area contributed by atoms with Gasteiger partial charge in [0.15, 0.2) is 0 Å². The highest BCUT2D eigenvalue weighted by Crippen LogP contribution is 2.53. The molecule has 5 aromatic carbocycles. The molecule has 0 amide bonds. The van der Waals surface area contributed by atoms with Crippen LogP contribution in [0.3, 0.4) is 0 Å². The van der Waals surface area contributed by atoms with E-state index >= 15 is 0 Å². The standard InChI is InChI=1S/C32H24N4O/c33-31(23-11-3-1-4-12-23)37-32(34)24-19-21-26(22-20-24)36-29-17-9-7-15-27(29)35(25-13-5-2-6-14-25)28-16-8-10-18-30(28)36/h1-22,33-34H. The molecule has 0 aromatic heterocycles. The molecule has 1 aliphatic rings. The maximum absolute atomic E-state index is 8.40. The molecule has 1 heterocycles. The number of hydrogen-bond acceptors (Lipinski definition) is 5. The van der Waals surface area contributed by atoms with E-state index in [0.29, 0.717) is 11.1 Å². The molecule has 0 bridgehead atoms. The van der Waals surface area contributed by atoms with E-state index < -0.39 is 0 Å². The fourth-order valence-corrected chi connectivity index (χ4v) is 4.65. The summed E-state index contributed by atoms with van der Waals surface area (Å²) in [6, 6.07) is 44.0. The van der Waals surface area contributed by atoms with E-state index in [-0.39, 0.29) is 11.8 Å². The van der Waals surface area contributed by atoms with Crippen molar-refractivity contribution < 1.29 is 4.74 Å². The molecule has 178 valence electrons. The second-order valence-corrected chi connectivity index (χ2v) is 8.66. The number of hydrogen-bond donors (Lipinski definition) is 2. The van der Waals surface area contributed by atoms with Gasteiger partial charge in [0.1, 0.15) is 0 Å². The van der Waals surface area contributed by atoms with Crippen molar-refractivity contribution in [2.75, 3.05) is 9.80 Å². The van der Waals surface area contributed by atoms with Crippen LogP contribution in [0.15, 0.2) is 133 Å². The van der Waals surface area contributed by atoms with Crippen LogP contribution >= 0.6 is 0 Å². The summed E-state index contributed by atoms with van der Waals surface area (Å²) in [5.74, 6) is -0.107. The predicted molar refractivity (Wildman–Crippen MR) is 151 cm³/mol. The second kappa shape index (κ2) is 9.47. The van der Waals surface area contributed by atoms with Crippen molar-refractivity contribution in [3.8, 4) is 0 Å². The molecule has 6 rings (SSSR count). The summed E-state index contributed by atoms with van der Waals surface area (Å²) >= 11 is 0. The van der Waals surface area contributed by atoms with E-state index in [1.807, 2.05) is 48.5 Å². The highest BCUT2D eigenvalue weighted by atomic mass is 16.5. The minimum absolute atomic E-state index is 0.0467. The van der Waals surface area contributed by atoms with Gasteiger partial charge in [-0.3, -0.25) is 10.8 Å². The third-order valence-electron chi connectivity index (χ3n) is 6.37. The number of benzene rings is 5. The van der Waals surface area contributed by atoms with Gasteiger partial charge in [0.25, 0.3) is 0 Å². The van der Waals surface area contributed by atoms with Gasteiger partial charge in [-0.2, -0.15) is 0 Å². The van der Waals surface area contributed by atoms with Gasteiger partial charge < -0.3 is 14.5 Å². The van der Waals surface area contributed by atoms with Crippen molar-refractivity contribution in [2.45, 2.75) is 0 Å². The normalized spacial score (nSPS) is 11.9. The van der Waals surface area contributed by atoms with Gasteiger partial charge in [-0.15, -0.1) is 0 Å². The van der Waals surface area contributed by atoms with Crippen LogP contribution in [0.25, 0.3) is 0 Å². The molecular formula is C32H24N4O. The van der Waals surface area contributed by atoms with Crippen LogP contribution in [-0.2, 0) is 4.74 Å². The number of anilines is 6. The van der Waals surface area contributed by atoms with Crippen LogP contribution in [0.1, 0.15) is 11.1 Å². The Bertz CT molecular complexity index is 1530. The van der Waals surface area contributed by atoms with Gasteiger partial charge in [-0.25, -0.2) is 0 Å². The molecule has 0 spiro atoms. The largest absolute Gasteiger partial charge is 0.421 e. The van der Waals surface area contributed by atoms with Crippen LogP contribution in [0.4, 0.5) is 34.1 Å². The number of ether oxygens (including phenoxy) is 1. The number of rotatable bonds is 4. The van der Waals surface area contributed by atoms with E-state index in [0.717, 1.165) is 34.1 Å². The summed E-state index contributed by atoms with van der Waals surface area (Å²) in [5.41, 5.74) is 7.62. The van der Waals surface area contributed by atoms with Crippen LogP contribution in [0.2, 0.25) is 0 Å². The van der Waals surface area contributed by atoms with Crippen LogP contribution < -0.4 is 9.80 Å². The summed E-state index contributed by atoms with van der Waals surface area (Å²) in [6.07, 6.45) is 0. The van der Waals surface area contributed by atoms with E-state index in [2.05, 4.69) is 82.6 Å². The maximum Gasteiger partial charge on any atom is 0.221 e. The second-order valence-electron chi connectivity index (χ2n) is 8.66. The summed E-state index contributed by atoms with van der Waals surface area (Å²) < 4.78 is 5.53. The van der Waals surface area contributed by atoms with Gasteiger partial charge in [0, 0.05) is 22.5 Å². The number of nitrogens with one attached hydrogen (secondary N) is 2. The highest BCUT2D eigenvalue weighted by Gasteiger charge is 2.29. The van der Waals surface area contributed by atoms with Crippen LogP contribution in [-0.4, -0.2) is 11.8 Å². The quantitative estimate of drug-likeness (QED) is 0.197. The molecule has 0 aliphatic carbocycles. The highest BCUT2D eigenvalue weighted by molar-refractivity contribution is 6.05. The number of fused-ring (bicyclic) bond motifs is 2. The summed E-state index contributed by atoms with van der Waals surface area (Å²) in [7, 11) is 0. The fourth-order valence-electron chi connectivity index (χ4n) is 4.65. The van der Waals surface area contributed by atoms with Gasteiger partial charge in [0.05, 0.1) is 22.7 Å².